The van der Waals surface area contributed by atoms with Crippen LogP contribution in [0.2, 0.25) is 0 Å². The number of carbonyl (C=O) groups excluding carboxylic acids is 1. The predicted octanol–water partition coefficient (Wildman–Crippen LogP) is 3.12. The van der Waals surface area contributed by atoms with Crippen LogP contribution in [0, 0.1) is 6.92 Å². The van der Waals surface area contributed by atoms with Crippen molar-refractivity contribution in [2.75, 3.05) is 6.54 Å². The third-order valence-electron chi connectivity index (χ3n) is 3.68. The molecule has 2 atom stereocenters. The molecule has 2 aromatic rings. The summed E-state index contributed by atoms with van der Waals surface area (Å²) in [7, 11) is 0. The minimum atomic E-state index is -0.0880. The molecule has 1 aliphatic rings. The summed E-state index contributed by atoms with van der Waals surface area (Å²) in [5.41, 5.74) is 5.18. The number of hydrogen-bond donors (Lipinski definition) is 3. The van der Waals surface area contributed by atoms with E-state index in [1.165, 1.54) is 10.4 Å². The van der Waals surface area contributed by atoms with Gasteiger partial charge in [0.1, 0.15) is 0 Å². The maximum Gasteiger partial charge on any atom is 0.207 e. The Hall–Kier alpha value is -1.76. The molecule has 138 valence electrons. The van der Waals surface area contributed by atoms with Crippen molar-refractivity contribution in [3.63, 3.8) is 0 Å². The number of benzene rings is 1. The van der Waals surface area contributed by atoms with Crippen molar-refractivity contribution < 1.29 is 9.90 Å². The van der Waals surface area contributed by atoms with Crippen molar-refractivity contribution in [2.45, 2.75) is 52.8 Å². The molecule has 0 radical (unpaired) electrons. The van der Waals surface area contributed by atoms with Crippen LogP contribution < -0.4 is 10.6 Å². The van der Waals surface area contributed by atoms with E-state index < -0.39 is 0 Å². The van der Waals surface area contributed by atoms with Crippen LogP contribution in [0.3, 0.4) is 0 Å². The lowest BCUT2D eigenvalue weighted by molar-refractivity contribution is -0.109. The van der Waals surface area contributed by atoms with Gasteiger partial charge in [0, 0.05) is 19.1 Å². The van der Waals surface area contributed by atoms with E-state index >= 15 is 0 Å². The van der Waals surface area contributed by atoms with E-state index in [9.17, 15) is 4.79 Å². The van der Waals surface area contributed by atoms with Crippen molar-refractivity contribution in [1.82, 2.24) is 15.6 Å². The number of thiazole rings is 1. The van der Waals surface area contributed by atoms with E-state index in [4.69, 9.17) is 5.11 Å². The molecule has 25 heavy (non-hydrogen) atoms. The van der Waals surface area contributed by atoms with Gasteiger partial charge in [0.25, 0.3) is 0 Å². The van der Waals surface area contributed by atoms with E-state index in [1.54, 1.807) is 11.3 Å². The molecular formula is C19H29N3O2S. The summed E-state index contributed by atoms with van der Waals surface area (Å²) in [5.74, 6) is 0. The first-order chi connectivity index (χ1) is 12.1. The largest absolute Gasteiger partial charge is 0.392 e. The minimum absolute atomic E-state index is 0.0880. The van der Waals surface area contributed by atoms with Gasteiger partial charge in [-0.15, -0.1) is 11.3 Å². The summed E-state index contributed by atoms with van der Waals surface area (Å²) in [6.45, 7) is 9.44. The molecule has 0 aliphatic carbocycles. The SMILES string of the molecule is CC.C[C@@H]1CC(O)CN1.Cc1ncsc1-c1ccc(CNC=O)cc1. The number of nitrogens with zero attached hydrogens (tertiary/aromatic N) is 1. The first-order valence-corrected chi connectivity index (χ1v) is 9.56. The normalized spacial score (nSPS) is 18.4. The molecule has 5 nitrogen and oxygen atoms in total. The lowest BCUT2D eigenvalue weighted by Gasteiger charge is -2.02. The van der Waals surface area contributed by atoms with Gasteiger partial charge >= 0.3 is 0 Å². The third-order valence-corrected chi connectivity index (χ3v) is 4.66. The van der Waals surface area contributed by atoms with Gasteiger partial charge in [-0.2, -0.15) is 0 Å². The highest BCUT2D eigenvalue weighted by Crippen LogP contribution is 2.27. The second-order valence-electron chi connectivity index (χ2n) is 5.66. The van der Waals surface area contributed by atoms with Crippen molar-refractivity contribution >= 4 is 17.7 Å². The Labute approximate surface area is 154 Å². The fourth-order valence-corrected chi connectivity index (χ4v) is 3.24. The van der Waals surface area contributed by atoms with E-state index in [0.29, 0.717) is 19.0 Å². The molecule has 1 saturated heterocycles. The Kier molecular flexibility index (Phi) is 9.99. The first kappa shape index (κ1) is 21.3. The Morgan fingerprint density at radius 1 is 1.36 bits per heavy atom. The van der Waals surface area contributed by atoms with Crippen LogP contribution in [0.25, 0.3) is 10.4 Å². The van der Waals surface area contributed by atoms with Gasteiger partial charge in [0.2, 0.25) is 6.41 Å². The molecule has 1 unspecified atom stereocenters. The van der Waals surface area contributed by atoms with Gasteiger partial charge < -0.3 is 15.7 Å². The van der Waals surface area contributed by atoms with Crippen LogP contribution in [0.15, 0.2) is 29.8 Å². The summed E-state index contributed by atoms with van der Waals surface area (Å²) < 4.78 is 0. The maximum absolute atomic E-state index is 10.2. The van der Waals surface area contributed by atoms with Crippen LogP contribution in [0.5, 0.6) is 0 Å². The van der Waals surface area contributed by atoms with Crippen molar-refractivity contribution in [2.24, 2.45) is 0 Å². The molecule has 0 bridgehead atoms. The van der Waals surface area contributed by atoms with Crippen LogP contribution in [-0.2, 0) is 11.3 Å². The number of carbonyl (C=O) groups is 1. The monoisotopic (exact) mass is 363 g/mol. The number of amides is 1. The van der Waals surface area contributed by atoms with Gasteiger partial charge in [-0.25, -0.2) is 4.98 Å². The maximum atomic E-state index is 10.2. The fraction of sp³-hybridized carbons (Fsp3) is 0.474. The average Bonchev–Trinajstić information content (AvgIpc) is 3.23. The van der Waals surface area contributed by atoms with Crippen LogP contribution in [0.4, 0.5) is 0 Å². The minimum Gasteiger partial charge on any atom is -0.392 e. The average molecular weight is 364 g/mol. The van der Waals surface area contributed by atoms with Crippen LogP contribution in [-0.4, -0.2) is 35.2 Å². The van der Waals surface area contributed by atoms with E-state index in [1.807, 2.05) is 38.4 Å². The smallest absolute Gasteiger partial charge is 0.207 e. The zero-order valence-electron chi connectivity index (χ0n) is 15.5. The quantitative estimate of drug-likeness (QED) is 0.730. The molecule has 2 heterocycles. The summed E-state index contributed by atoms with van der Waals surface area (Å²) >= 11 is 1.64. The van der Waals surface area contributed by atoms with Gasteiger partial charge in [-0.3, -0.25) is 4.79 Å². The highest BCUT2D eigenvalue weighted by Gasteiger charge is 2.16. The molecule has 1 aliphatic heterocycles. The number of aromatic nitrogens is 1. The zero-order valence-corrected chi connectivity index (χ0v) is 16.3. The zero-order chi connectivity index (χ0) is 18.7. The Balaban J connectivity index is 0.000000290. The van der Waals surface area contributed by atoms with E-state index in [-0.39, 0.29) is 6.10 Å². The van der Waals surface area contributed by atoms with Crippen molar-refractivity contribution in [3.8, 4) is 10.4 Å². The molecule has 1 fully saturated rings. The number of aryl methyl sites for hydroxylation is 1. The Bertz CT molecular complexity index is 605. The topological polar surface area (TPSA) is 74.2 Å². The summed E-state index contributed by atoms with van der Waals surface area (Å²) in [6, 6.07) is 8.68. The summed E-state index contributed by atoms with van der Waals surface area (Å²) in [6.07, 6.45) is 1.54. The second-order valence-corrected chi connectivity index (χ2v) is 6.52. The molecule has 1 aromatic heterocycles. The molecule has 1 aromatic carbocycles. The number of nitrogens with one attached hydrogen (secondary N) is 2. The van der Waals surface area contributed by atoms with Gasteiger partial charge in [0.05, 0.1) is 22.2 Å². The lowest BCUT2D eigenvalue weighted by atomic mass is 10.1. The summed E-state index contributed by atoms with van der Waals surface area (Å²) in [5, 5.41) is 14.6. The molecule has 3 N–H and O–H groups in total. The molecule has 0 spiro atoms. The number of aliphatic hydroxyl groups excluding tert-OH is 1. The van der Waals surface area contributed by atoms with Gasteiger partial charge in [-0.1, -0.05) is 38.1 Å². The standard InChI is InChI=1S/C12H12N2OS.C5H11NO.C2H6/c1-9-12(16-8-14-9)11-4-2-10(3-5-11)6-13-7-15;1-4-2-5(7)3-6-4;1-2/h2-5,7-8H,6H2,1H3,(H,13,15);4-7H,2-3H2,1H3;1-2H3/t;4-,5?;/m.1./s1. The van der Waals surface area contributed by atoms with Crippen LogP contribution in [0.1, 0.15) is 38.4 Å². The van der Waals surface area contributed by atoms with Crippen molar-refractivity contribution in [3.05, 3.63) is 41.0 Å². The Morgan fingerprint density at radius 2 is 2.04 bits per heavy atom. The van der Waals surface area contributed by atoms with E-state index in [2.05, 4.69) is 34.7 Å². The molecule has 6 heteroatoms. The Morgan fingerprint density at radius 3 is 2.44 bits per heavy atom. The highest BCUT2D eigenvalue weighted by atomic mass is 32.1. The summed E-state index contributed by atoms with van der Waals surface area (Å²) in [4.78, 5) is 15.6. The van der Waals surface area contributed by atoms with Gasteiger partial charge in [-0.05, 0) is 31.4 Å². The number of aliphatic hydroxyl groups is 1. The lowest BCUT2D eigenvalue weighted by Crippen LogP contribution is -2.17. The van der Waals surface area contributed by atoms with Gasteiger partial charge in [0.15, 0.2) is 0 Å². The molecule has 1 amide bonds. The van der Waals surface area contributed by atoms with E-state index in [0.717, 1.165) is 24.2 Å². The number of hydrogen-bond acceptors (Lipinski definition) is 5. The van der Waals surface area contributed by atoms with Crippen LogP contribution >= 0.6 is 11.3 Å². The number of β-amino-alcohol motifs (C(OH)–C–C–N with tert-alkyl or cyclic N) is 1. The second kappa shape index (κ2) is 11.7. The fourth-order valence-electron chi connectivity index (χ4n) is 2.42. The predicted molar refractivity (Wildman–Crippen MR) is 105 cm³/mol. The molecule has 3 rings (SSSR count). The van der Waals surface area contributed by atoms with Crippen molar-refractivity contribution in [1.29, 1.82) is 0 Å². The highest BCUT2D eigenvalue weighted by molar-refractivity contribution is 7.13. The first-order valence-electron chi connectivity index (χ1n) is 8.68. The molecule has 0 saturated carbocycles. The molecular weight excluding hydrogens is 334 g/mol. The third kappa shape index (κ3) is 7.34. The number of rotatable bonds is 4.